The standard InChI is InChI=1S/C53H72N2O12.2C6H6O3S/c1-54(22-18-38-32-48(62-7)50(64-9)34-40(38)42(54)28-36-14-16-44(58-3)46(30-36)60-5)24-20-52(56)66-26-12-11-13-27-67-53(57)21-25-55(2)23-19-39-33-49(63-8)51(65-10)35-41(39)43(55)29-37-15-17-45(59-4)47(31-37)61-6;2*7-10(8,9)6-4-2-1-3-5-6/h14-17,30-35,42-43H,11-13,18-29H2,1-10H3;2*1-5H,(H,7,8,9)/q+2;;/p-2/t42-,43-,54?,55?;;/m1../s1. The van der Waals surface area contributed by atoms with Crippen molar-refractivity contribution < 1.29 is 91.9 Å². The fraction of sp³-hybridized carbons (Fsp3) is 0.415. The maximum absolute atomic E-state index is 13.2. The lowest BCUT2D eigenvalue weighted by Crippen LogP contribution is -2.53. The van der Waals surface area contributed by atoms with Gasteiger partial charge in [-0.15, -0.1) is 0 Å². The van der Waals surface area contributed by atoms with Gasteiger partial charge in [-0.05, 0) is 114 Å². The van der Waals surface area contributed by atoms with E-state index in [0.717, 1.165) is 56.3 Å². The van der Waals surface area contributed by atoms with Gasteiger partial charge in [-0.25, -0.2) is 16.8 Å². The lowest BCUT2D eigenvalue weighted by atomic mass is 9.86. The Bertz CT molecular complexity index is 3230. The zero-order valence-corrected chi connectivity index (χ0v) is 53.0. The van der Waals surface area contributed by atoms with Crippen molar-refractivity contribution in [3.05, 3.63) is 155 Å². The van der Waals surface area contributed by atoms with Crippen molar-refractivity contribution in [1.82, 2.24) is 0 Å². The maximum Gasteiger partial charge on any atom is 0.311 e. The Balaban J connectivity index is 0.000000507. The minimum Gasteiger partial charge on any atom is -0.744 e. The Kier molecular flexibility index (Phi) is 25.1. The normalized spacial score (nSPS) is 17.7. The van der Waals surface area contributed by atoms with Gasteiger partial charge in [0.25, 0.3) is 0 Å². The third kappa shape index (κ3) is 18.7. The van der Waals surface area contributed by atoms with Crippen LogP contribution in [0.15, 0.2) is 131 Å². The van der Waals surface area contributed by atoms with Crippen molar-refractivity contribution in [2.75, 3.05) is 110 Å². The Labute approximate surface area is 512 Å². The van der Waals surface area contributed by atoms with E-state index in [2.05, 4.69) is 50.5 Å². The smallest absolute Gasteiger partial charge is 0.311 e. The van der Waals surface area contributed by atoms with Crippen LogP contribution in [0, 0.1) is 0 Å². The van der Waals surface area contributed by atoms with E-state index in [1.165, 1.54) is 70.8 Å². The highest BCUT2D eigenvalue weighted by Gasteiger charge is 2.42. The van der Waals surface area contributed by atoms with Gasteiger partial charge in [0.2, 0.25) is 0 Å². The molecule has 0 radical (unpaired) electrons. The molecule has 0 N–H and O–H groups in total. The molecule has 0 aliphatic carbocycles. The minimum atomic E-state index is -4.25. The molecule has 0 saturated heterocycles. The number of fused-ring (bicyclic) bond motifs is 2. The predicted molar refractivity (Wildman–Crippen MR) is 324 cm³/mol. The summed E-state index contributed by atoms with van der Waals surface area (Å²) >= 11 is 0. The van der Waals surface area contributed by atoms with E-state index in [0.29, 0.717) is 107 Å². The van der Waals surface area contributed by atoms with Gasteiger partial charge in [0, 0.05) is 36.8 Å². The molecular weight excluding hydrogens is 1160 g/mol. The molecule has 0 saturated carbocycles. The number of quaternary nitrogens is 2. The third-order valence-corrected chi connectivity index (χ3v) is 17.8. The SMILES string of the molecule is COc1ccc(C[C@@H]2c3cc(OC)c(OC)cc3CC[N+]2(C)CCC(=O)OCCCCCOC(=O)CC[N+]2(C)CCc3cc(OC)c(OC)cc3[C@H]2Cc2ccc(OC)c(OC)c2)cc1OC.O=S(=O)([O-])c1ccccc1.O=S(=O)([O-])c1ccccc1. The molecule has 2 aliphatic rings. The van der Waals surface area contributed by atoms with Gasteiger partial charge in [-0.3, -0.25) is 9.59 Å². The Morgan fingerprint density at radius 3 is 1.07 bits per heavy atom. The van der Waals surface area contributed by atoms with Crippen molar-refractivity contribution in [3.8, 4) is 46.0 Å². The lowest BCUT2D eigenvalue weighted by Gasteiger charge is -2.46. The van der Waals surface area contributed by atoms with Crippen molar-refractivity contribution in [3.63, 3.8) is 0 Å². The third-order valence-electron chi connectivity index (χ3n) is 16.1. The number of nitrogens with zero attached hydrogens (tertiary/aromatic N) is 2. The number of likely N-dealkylation sites (N-methyl/N-ethyl adjacent to an activating group) is 2. The van der Waals surface area contributed by atoms with Gasteiger partial charge in [0.1, 0.15) is 32.3 Å². The number of rotatable bonds is 26. The molecule has 6 aromatic rings. The number of hydrogen-bond donors (Lipinski definition) is 0. The summed E-state index contributed by atoms with van der Waals surface area (Å²) in [6.45, 7) is 3.57. The van der Waals surface area contributed by atoms with Crippen LogP contribution in [0.3, 0.4) is 0 Å². The van der Waals surface area contributed by atoms with E-state index in [1.807, 2.05) is 24.3 Å². The molecule has 0 fully saturated rings. The fourth-order valence-corrected chi connectivity index (χ4v) is 12.1. The average molecular weight is 1240 g/mol. The maximum atomic E-state index is 13.2. The van der Waals surface area contributed by atoms with Gasteiger partial charge in [-0.1, -0.05) is 48.5 Å². The van der Waals surface area contributed by atoms with E-state index < -0.39 is 20.2 Å². The number of carbonyl (C=O) groups excluding carboxylic acids is 2. The second kappa shape index (κ2) is 31.9. The summed E-state index contributed by atoms with van der Waals surface area (Å²) in [5.41, 5.74) is 7.00. The Hall–Kier alpha value is -7.60. The van der Waals surface area contributed by atoms with E-state index >= 15 is 0 Å². The van der Waals surface area contributed by atoms with Crippen molar-refractivity contribution in [2.24, 2.45) is 0 Å². The summed E-state index contributed by atoms with van der Waals surface area (Å²) in [6.07, 6.45) is 5.85. The minimum absolute atomic E-state index is 0.0393. The predicted octanol–water partition coefficient (Wildman–Crippen LogP) is 9.25. The van der Waals surface area contributed by atoms with Crippen molar-refractivity contribution >= 4 is 32.2 Å². The molecule has 2 unspecified atom stereocenters. The number of hydrogen-bond acceptors (Lipinski definition) is 18. The van der Waals surface area contributed by atoms with Gasteiger partial charge >= 0.3 is 11.9 Å². The van der Waals surface area contributed by atoms with Crippen LogP contribution in [0.25, 0.3) is 0 Å². The zero-order chi connectivity index (χ0) is 63.4. The van der Waals surface area contributed by atoms with Gasteiger partial charge in [0.05, 0.1) is 133 Å². The molecule has 0 spiro atoms. The zero-order valence-electron chi connectivity index (χ0n) is 51.4. The molecule has 22 heteroatoms. The molecule has 87 heavy (non-hydrogen) atoms. The average Bonchev–Trinajstić information content (AvgIpc) is 1.78. The first-order chi connectivity index (χ1) is 41.6. The molecular formula is C65H82N2O18S2. The van der Waals surface area contributed by atoms with Gasteiger partial charge < -0.3 is 65.4 Å². The fourth-order valence-electron chi connectivity index (χ4n) is 11.1. The topological polar surface area (TPSA) is 241 Å². The first-order valence-corrected chi connectivity index (χ1v) is 31.3. The monoisotopic (exact) mass is 1240 g/mol. The Morgan fingerprint density at radius 1 is 0.437 bits per heavy atom. The number of ether oxygens (including phenoxy) is 10. The van der Waals surface area contributed by atoms with Crippen molar-refractivity contribution in [2.45, 2.75) is 79.7 Å². The highest BCUT2D eigenvalue weighted by molar-refractivity contribution is 7.86. The van der Waals surface area contributed by atoms with Crippen LogP contribution >= 0.6 is 0 Å². The molecule has 0 amide bonds. The van der Waals surface area contributed by atoms with E-state index in [1.54, 1.807) is 69.0 Å². The molecule has 2 aliphatic heterocycles. The molecule has 4 atom stereocenters. The first-order valence-electron chi connectivity index (χ1n) is 28.5. The van der Waals surface area contributed by atoms with Crippen LogP contribution in [0.5, 0.6) is 46.0 Å². The molecule has 8 rings (SSSR count). The number of benzene rings is 6. The molecule has 6 aromatic carbocycles. The van der Waals surface area contributed by atoms with Crippen LogP contribution in [-0.2, 0) is 65.0 Å². The summed E-state index contributed by atoms with van der Waals surface area (Å²) in [5.74, 6) is 5.06. The van der Waals surface area contributed by atoms with Gasteiger partial charge in [0.15, 0.2) is 46.0 Å². The van der Waals surface area contributed by atoms with Crippen LogP contribution in [0.4, 0.5) is 0 Å². The van der Waals surface area contributed by atoms with E-state index in [4.69, 9.17) is 47.4 Å². The van der Waals surface area contributed by atoms with E-state index in [-0.39, 0.29) is 33.8 Å². The molecule has 0 bridgehead atoms. The molecule has 472 valence electrons. The number of carbonyl (C=O) groups is 2. The number of unbranched alkanes of at least 4 members (excludes halogenated alkanes) is 2. The number of methoxy groups -OCH3 is 8. The molecule has 0 aromatic heterocycles. The van der Waals surface area contributed by atoms with Crippen LogP contribution < -0.4 is 37.9 Å². The second-order valence-electron chi connectivity index (χ2n) is 21.5. The largest absolute Gasteiger partial charge is 0.744 e. The molecule has 20 nitrogen and oxygen atoms in total. The highest BCUT2D eigenvalue weighted by Crippen LogP contribution is 2.45. The summed E-state index contributed by atoms with van der Waals surface area (Å²) < 4.78 is 120. The quantitative estimate of drug-likeness (QED) is 0.0213. The first kappa shape index (κ1) is 68.5. The van der Waals surface area contributed by atoms with Crippen LogP contribution in [0.1, 0.15) is 77.6 Å². The second-order valence-corrected chi connectivity index (χ2v) is 24.3. The van der Waals surface area contributed by atoms with Gasteiger partial charge in [-0.2, -0.15) is 0 Å². The highest BCUT2D eigenvalue weighted by atomic mass is 32.2. The van der Waals surface area contributed by atoms with Crippen LogP contribution in [0.2, 0.25) is 0 Å². The summed E-state index contributed by atoms with van der Waals surface area (Å²) in [7, 11) is 9.11. The number of esters is 2. The summed E-state index contributed by atoms with van der Waals surface area (Å²) in [6, 6.07) is 34.9. The summed E-state index contributed by atoms with van der Waals surface area (Å²) in [4.78, 5) is 26.0. The van der Waals surface area contributed by atoms with Crippen LogP contribution in [-0.4, -0.2) is 157 Å². The van der Waals surface area contributed by atoms with E-state index in [9.17, 15) is 35.5 Å². The van der Waals surface area contributed by atoms with Crippen molar-refractivity contribution in [1.29, 1.82) is 0 Å². The summed E-state index contributed by atoms with van der Waals surface area (Å²) in [5, 5.41) is 0. The molecule has 2 heterocycles. The lowest BCUT2D eigenvalue weighted by molar-refractivity contribution is -0.940. The Morgan fingerprint density at radius 2 is 0.759 bits per heavy atom.